The number of rotatable bonds is 5. The molecule has 0 aromatic heterocycles. The van der Waals surface area contributed by atoms with Gasteiger partial charge in [-0.15, -0.1) is 0 Å². The molecule has 30 heavy (non-hydrogen) atoms. The minimum atomic E-state index is -0.874. The molecule has 1 amide bonds. The Morgan fingerprint density at radius 1 is 1.27 bits per heavy atom. The van der Waals surface area contributed by atoms with E-state index < -0.39 is 5.54 Å². The molecule has 1 saturated carbocycles. The predicted octanol–water partition coefficient (Wildman–Crippen LogP) is 4.89. The van der Waals surface area contributed by atoms with Gasteiger partial charge in [-0.2, -0.15) is 0 Å². The highest BCUT2D eigenvalue weighted by molar-refractivity contribution is 14.1. The number of halogens is 1. The fourth-order valence-corrected chi connectivity index (χ4v) is 6.36. The van der Waals surface area contributed by atoms with Crippen LogP contribution in [0.25, 0.3) is 0 Å². The molecule has 0 saturated heterocycles. The lowest BCUT2D eigenvalue weighted by atomic mass is 9.61. The van der Waals surface area contributed by atoms with Gasteiger partial charge in [0.25, 0.3) is 5.91 Å². The van der Waals surface area contributed by atoms with Gasteiger partial charge in [-0.05, 0) is 81.4 Å². The zero-order chi connectivity index (χ0) is 21.7. The number of hydrogen-bond donors (Lipinski definition) is 1. The number of aryl methyl sites for hydroxylation is 1. The molecule has 5 nitrogen and oxygen atoms in total. The first-order valence-corrected chi connectivity index (χ1v) is 12.2. The van der Waals surface area contributed by atoms with Crippen molar-refractivity contribution in [2.24, 2.45) is 22.1 Å². The highest BCUT2D eigenvalue weighted by Gasteiger charge is 2.66. The average Bonchev–Trinajstić information content (AvgIpc) is 3.13. The summed E-state index contributed by atoms with van der Waals surface area (Å²) in [6.07, 6.45) is 7.12. The number of nitrogens with two attached hydrogens (primary N) is 1. The summed E-state index contributed by atoms with van der Waals surface area (Å²) in [6.45, 7) is 8.54. The summed E-state index contributed by atoms with van der Waals surface area (Å²) < 4.78 is 5.62. The minimum Gasteiger partial charge on any atom is -0.369 e. The predicted molar refractivity (Wildman–Crippen MR) is 128 cm³/mol. The molecule has 4 rings (SSSR count). The number of guanidine groups is 1. The number of fused-ring (bicyclic) bond motifs is 3. The van der Waals surface area contributed by atoms with E-state index in [0.29, 0.717) is 11.9 Å². The number of nitrogens with zero attached hydrogens (tertiary/aromatic N) is 2. The SMILES string of the molecule is CC(C)CCc1ccc2c(c1)C1(N=C(N)N(C(C)C)C1=O)C1(CCC(OI)CC1)C2. The molecule has 2 spiro atoms. The molecule has 1 aromatic carbocycles. The van der Waals surface area contributed by atoms with Gasteiger partial charge in [0, 0.05) is 11.5 Å². The third-order valence-corrected chi connectivity index (χ3v) is 8.18. The summed E-state index contributed by atoms with van der Waals surface area (Å²) in [5.41, 5.74) is 8.99. The average molecular weight is 523 g/mol. The van der Waals surface area contributed by atoms with Crippen LogP contribution in [0.15, 0.2) is 23.2 Å². The molecule has 2 aliphatic carbocycles. The number of hydrogen-bond acceptors (Lipinski definition) is 4. The highest BCUT2D eigenvalue weighted by Crippen LogP contribution is 2.62. The quantitative estimate of drug-likeness (QED) is 0.559. The fraction of sp³-hybridized carbons (Fsp3) is 0.667. The van der Waals surface area contributed by atoms with E-state index in [1.807, 2.05) is 36.9 Å². The maximum Gasteiger partial charge on any atom is 0.262 e. The van der Waals surface area contributed by atoms with Crippen molar-refractivity contribution in [2.45, 2.75) is 90.3 Å². The van der Waals surface area contributed by atoms with Gasteiger partial charge >= 0.3 is 0 Å². The minimum absolute atomic E-state index is 0.000123. The van der Waals surface area contributed by atoms with Crippen molar-refractivity contribution in [2.75, 3.05) is 0 Å². The summed E-state index contributed by atoms with van der Waals surface area (Å²) in [6, 6.07) is 6.77. The normalized spacial score (nSPS) is 30.8. The Hall–Kier alpha value is -1.15. The molecule has 1 fully saturated rings. The molecule has 1 heterocycles. The van der Waals surface area contributed by atoms with Gasteiger partial charge in [-0.25, -0.2) is 4.99 Å². The Morgan fingerprint density at radius 2 is 1.97 bits per heavy atom. The Labute approximate surface area is 194 Å². The third-order valence-electron chi connectivity index (χ3n) is 7.46. The van der Waals surface area contributed by atoms with Crippen LogP contribution in [0.2, 0.25) is 0 Å². The van der Waals surface area contributed by atoms with Crippen LogP contribution in [0.3, 0.4) is 0 Å². The smallest absolute Gasteiger partial charge is 0.262 e. The molecule has 0 radical (unpaired) electrons. The van der Waals surface area contributed by atoms with Crippen molar-refractivity contribution in [3.05, 3.63) is 34.9 Å². The van der Waals surface area contributed by atoms with Gasteiger partial charge in [0.05, 0.1) is 6.10 Å². The van der Waals surface area contributed by atoms with Crippen LogP contribution in [0.5, 0.6) is 0 Å². The number of aliphatic imine (C=N–C) groups is 1. The second-order valence-electron chi connectivity index (χ2n) is 10.1. The second kappa shape index (κ2) is 8.08. The first-order valence-electron chi connectivity index (χ1n) is 11.3. The van der Waals surface area contributed by atoms with Crippen LogP contribution < -0.4 is 5.73 Å². The molecule has 1 atom stereocenters. The van der Waals surface area contributed by atoms with Crippen LogP contribution in [0, 0.1) is 11.3 Å². The Morgan fingerprint density at radius 3 is 2.53 bits per heavy atom. The van der Waals surface area contributed by atoms with Gasteiger partial charge in [-0.1, -0.05) is 32.0 Å². The first-order chi connectivity index (χ1) is 14.2. The topological polar surface area (TPSA) is 67.9 Å². The van der Waals surface area contributed by atoms with Gasteiger partial charge in [0.1, 0.15) is 23.0 Å². The van der Waals surface area contributed by atoms with E-state index in [1.54, 1.807) is 4.90 Å². The molecule has 3 aliphatic rings. The fourth-order valence-electron chi connectivity index (χ4n) is 5.85. The van der Waals surface area contributed by atoms with E-state index >= 15 is 0 Å². The van der Waals surface area contributed by atoms with Crippen LogP contribution in [0.4, 0.5) is 0 Å². The molecule has 1 aliphatic heterocycles. The van der Waals surface area contributed by atoms with E-state index in [0.717, 1.165) is 50.5 Å². The third kappa shape index (κ3) is 3.29. The molecule has 1 aromatic rings. The van der Waals surface area contributed by atoms with E-state index in [-0.39, 0.29) is 23.5 Å². The molecular formula is C24H34IN3O2. The van der Waals surface area contributed by atoms with Gasteiger partial charge in [0.15, 0.2) is 11.5 Å². The molecule has 164 valence electrons. The maximum absolute atomic E-state index is 14.0. The molecule has 2 N–H and O–H groups in total. The summed E-state index contributed by atoms with van der Waals surface area (Å²) in [5.74, 6) is 1.10. The summed E-state index contributed by atoms with van der Waals surface area (Å²) in [4.78, 5) is 20.8. The lowest BCUT2D eigenvalue weighted by Gasteiger charge is -2.45. The molecular weight excluding hydrogens is 489 g/mol. The Kier molecular flexibility index (Phi) is 5.94. The van der Waals surface area contributed by atoms with Gasteiger partial charge in [-0.3, -0.25) is 9.69 Å². The van der Waals surface area contributed by atoms with E-state index in [9.17, 15) is 4.79 Å². The molecule has 0 bridgehead atoms. The van der Waals surface area contributed by atoms with E-state index in [4.69, 9.17) is 13.8 Å². The van der Waals surface area contributed by atoms with Crippen LogP contribution in [0.1, 0.15) is 76.5 Å². The lowest BCUT2D eigenvalue weighted by Crippen LogP contribution is -2.53. The highest BCUT2D eigenvalue weighted by atomic mass is 127. The Balaban J connectivity index is 1.81. The van der Waals surface area contributed by atoms with Crippen molar-refractivity contribution >= 4 is 34.9 Å². The summed E-state index contributed by atoms with van der Waals surface area (Å²) >= 11 is 2.01. The Bertz CT molecular complexity index is 858. The standard InChI is InChI=1S/C24H34IN3O2/c1-15(2)5-6-17-7-8-18-14-23(11-9-19(30-25)10-12-23)24(20(18)13-17)21(29)28(16(3)4)22(26)27-24/h7-8,13,15-16,19H,5-6,9-12,14H2,1-4H3,(H2,26,27). The van der Waals surface area contributed by atoms with Gasteiger partial charge < -0.3 is 8.80 Å². The maximum atomic E-state index is 14.0. The zero-order valence-electron chi connectivity index (χ0n) is 18.6. The monoisotopic (exact) mass is 523 g/mol. The van der Waals surface area contributed by atoms with Crippen molar-refractivity contribution < 1.29 is 7.86 Å². The van der Waals surface area contributed by atoms with Crippen molar-refractivity contribution in [3.8, 4) is 0 Å². The van der Waals surface area contributed by atoms with Crippen LogP contribution in [-0.4, -0.2) is 28.9 Å². The van der Waals surface area contributed by atoms with E-state index in [2.05, 4.69) is 32.0 Å². The van der Waals surface area contributed by atoms with Crippen LogP contribution >= 0.6 is 23.0 Å². The molecule has 1 unspecified atom stereocenters. The summed E-state index contributed by atoms with van der Waals surface area (Å²) in [7, 11) is 0. The summed E-state index contributed by atoms with van der Waals surface area (Å²) in [5, 5.41) is 0. The van der Waals surface area contributed by atoms with Crippen molar-refractivity contribution in [3.63, 3.8) is 0 Å². The van der Waals surface area contributed by atoms with E-state index in [1.165, 1.54) is 11.1 Å². The number of amides is 1. The number of benzene rings is 1. The lowest BCUT2D eigenvalue weighted by molar-refractivity contribution is -0.138. The van der Waals surface area contributed by atoms with Gasteiger partial charge in [0.2, 0.25) is 0 Å². The molecule has 6 heteroatoms. The van der Waals surface area contributed by atoms with Crippen molar-refractivity contribution in [1.82, 2.24) is 4.90 Å². The first kappa shape index (κ1) is 22.1. The van der Waals surface area contributed by atoms with Crippen LogP contribution in [-0.2, 0) is 26.2 Å². The van der Waals surface area contributed by atoms with Crippen molar-refractivity contribution in [1.29, 1.82) is 0 Å². The zero-order valence-corrected chi connectivity index (χ0v) is 20.7. The second-order valence-corrected chi connectivity index (χ2v) is 10.6. The number of carbonyl (C=O) groups excluding carboxylic acids is 1. The largest absolute Gasteiger partial charge is 0.369 e. The number of carbonyl (C=O) groups is 1.